The summed E-state index contributed by atoms with van der Waals surface area (Å²) in [6.45, 7) is 2.49. The Morgan fingerprint density at radius 3 is 3.00 bits per heavy atom. The molecule has 10 heteroatoms. The van der Waals surface area contributed by atoms with E-state index in [0.29, 0.717) is 12.2 Å². The van der Waals surface area contributed by atoms with E-state index in [2.05, 4.69) is 10.4 Å². The van der Waals surface area contributed by atoms with Crippen LogP contribution in [0.15, 0.2) is 30.6 Å². The lowest BCUT2D eigenvalue weighted by Gasteiger charge is -2.21. The van der Waals surface area contributed by atoms with Gasteiger partial charge in [0, 0.05) is 37.8 Å². The van der Waals surface area contributed by atoms with E-state index in [0.717, 1.165) is 0 Å². The molecule has 0 unspecified atom stereocenters. The van der Waals surface area contributed by atoms with Crippen molar-refractivity contribution in [3.63, 3.8) is 0 Å². The van der Waals surface area contributed by atoms with Crippen molar-refractivity contribution in [2.45, 2.75) is 32.2 Å². The number of alkyl carbamates (subject to hydrolysis) is 1. The van der Waals surface area contributed by atoms with Crippen molar-refractivity contribution in [1.82, 2.24) is 15.1 Å². The minimum absolute atomic E-state index is 0.0736. The lowest BCUT2D eigenvalue weighted by Crippen LogP contribution is -2.46. The maximum Gasteiger partial charge on any atom is 0.410 e. The van der Waals surface area contributed by atoms with Gasteiger partial charge in [-0.15, -0.1) is 0 Å². The Bertz CT molecular complexity index is 874. The van der Waals surface area contributed by atoms with Crippen LogP contribution in [0.2, 0.25) is 5.02 Å². The molecule has 1 aliphatic heterocycles. The summed E-state index contributed by atoms with van der Waals surface area (Å²) in [7, 11) is 0. The zero-order chi connectivity index (χ0) is 19.6. The molecule has 2 amide bonds. The monoisotopic (exact) mass is 396 g/mol. The molecule has 1 aromatic heterocycles. The van der Waals surface area contributed by atoms with E-state index in [1.54, 1.807) is 10.9 Å². The Labute approximate surface area is 159 Å². The molecule has 2 N–H and O–H groups in total. The number of hydrogen-bond donors (Lipinski definition) is 2. The first-order valence-corrected chi connectivity index (χ1v) is 8.68. The van der Waals surface area contributed by atoms with Crippen LogP contribution in [0.4, 0.5) is 14.9 Å². The summed E-state index contributed by atoms with van der Waals surface area (Å²) in [5, 5.41) is 16.7. The number of benzene rings is 1. The topological polar surface area (TPSA) is 96.7 Å². The van der Waals surface area contributed by atoms with Crippen LogP contribution in [0, 0.1) is 5.82 Å². The van der Waals surface area contributed by atoms with Gasteiger partial charge in [0.1, 0.15) is 5.82 Å². The van der Waals surface area contributed by atoms with Crippen molar-refractivity contribution in [2.24, 2.45) is 0 Å². The first-order chi connectivity index (χ1) is 12.8. The first kappa shape index (κ1) is 19.1. The van der Waals surface area contributed by atoms with Crippen molar-refractivity contribution >= 4 is 29.3 Å². The second kappa shape index (κ2) is 7.53. The summed E-state index contributed by atoms with van der Waals surface area (Å²) >= 11 is 5.68. The van der Waals surface area contributed by atoms with E-state index in [9.17, 15) is 19.1 Å². The number of aliphatic hydroxyl groups is 1. The second-order valence-corrected chi connectivity index (χ2v) is 6.41. The molecule has 0 radical (unpaired) electrons. The van der Waals surface area contributed by atoms with E-state index >= 15 is 0 Å². The predicted molar refractivity (Wildman–Crippen MR) is 94.6 cm³/mol. The Morgan fingerprint density at radius 2 is 2.30 bits per heavy atom. The van der Waals surface area contributed by atoms with E-state index in [-0.39, 0.29) is 30.1 Å². The van der Waals surface area contributed by atoms with Crippen LogP contribution in [0.3, 0.4) is 0 Å². The number of nitrogens with zero attached hydrogens (tertiary/aromatic N) is 3. The van der Waals surface area contributed by atoms with Crippen LogP contribution in [-0.2, 0) is 22.6 Å². The highest BCUT2D eigenvalue weighted by Gasteiger charge is 2.49. The van der Waals surface area contributed by atoms with Gasteiger partial charge >= 0.3 is 6.09 Å². The van der Waals surface area contributed by atoms with Gasteiger partial charge in [-0.05, 0) is 13.0 Å². The molecule has 0 aliphatic carbocycles. The maximum absolute atomic E-state index is 13.8. The third-order valence-corrected chi connectivity index (χ3v) is 4.52. The van der Waals surface area contributed by atoms with Crippen molar-refractivity contribution in [2.75, 3.05) is 11.4 Å². The van der Waals surface area contributed by atoms with Gasteiger partial charge in [0.2, 0.25) is 0 Å². The van der Waals surface area contributed by atoms with Crippen molar-refractivity contribution in [3.8, 4) is 0 Å². The summed E-state index contributed by atoms with van der Waals surface area (Å²) in [6, 6.07) is 4.37. The minimum atomic E-state index is -2.29. The summed E-state index contributed by atoms with van der Waals surface area (Å²) in [4.78, 5) is 25.8. The summed E-state index contributed by atoms with van der Waals surface area (Å²) < 4.78 is 20.4. The smallest absolute Gasteiger partial charge is 0.407 e. The van der Waals surface area contributed by atoms with Crippen molar-refractivity contribution < 1.29 is 23.8 Å². The van der Waals surface area contributed by atoms with Gasteiger partial charge in [-0.25, -0.2) is 9.18 Å². The zero-order valence-corrected chi connectivity index (χ0v) is 15.2. The van der Waals surface area contributed by atoms with E-state index < -0.39 is 23.6 Å². The lowest BCUT2D eigenvalue weighted by molar-refractivity contribution is -0.175. The molecule has 1 aromatic carbocycles. The van der Waals surface area contributed by atoms with Crippen LogP contribution in [0.25, 0.3) is 0 Å². The zero-order valence-electron chi connectivity index (χ0n) is 14.5. The van der Waals surface area contributed by atoms with Crippen molar-refractivity contribution in [1.29, 1.82) is 0 Å². The molecule has 3 rings (SSSR count). The molecule has 2 heterocycles. The number of carbonyl (C=O) groups is 2. The average molecular weight is 397 g/mol. The number of aryl methyl sites for hydroxylation is 1. The molecule has 27 heavy (non-hydrogen) atoms. The Morgan fingerprint density at radius 1 is 1.52 bits per heavy atom. The van der Waals surface area contributed by atoms with E-state index in [4.69, 9.17) is 16.3 Å². The molecule has 0 spiro atoms. The van der Waals surface area contributed by atoms with Gasteiger partial charge in [-0.3, -0.25) is 9.48 Å². The van der Waals surface area contributed by atoms with Crippen LogP contribution >= 0.6 is 11.6 Å². The molecule has 2 aromatic rings. The SMILES string of the molecule is CCn1cc(N2CC[C@@](O)(OC(=O)NCc3cccc(Cl)c3F)C2=O)cn1. The van der Waals surface area contributed by atoms with E-state index in [1.807, 2.05) is 6.92 Å². The van der Waals surface area contributed by atoms with Gasteiger partial charge in [-0.2, -0.15) is 5.10 Å². The largest absolute Gasteiger partial charge is 0.410 e. The van der Waals surface area contributed by atoms with Crippen LogP contribution in [0.5, 0.6) is 0 Å². The molecule has 0 saturated carbocycles. The lowest BCUT2D eigenvalue weighted by atomic mass is 10.2. The van der Waals surface area contributed by atoms with Crippen molar-refractivity contribution in [3.05, 3.63) is 47.0 Å². The number of amides is 2. The number of anilines is 1. The molecule has 8 nitrogen and oxygen atoms in total. The van der Waals surface area contributed by atoms with Gasteiger partial charge < -0.3 is 20.1 Å². The minimum Gasteiger partial charge on any atom is -0.407 e. The van der Waals surface area contributed by atoms with Crippen LogP contribution in [-0.4, -0.2) is 39.2 Å². The number of hydrogen-bond acceptors (Lipinski definition) is 5. The standard InChI is InChI=1S/C17H18ClFN4O4/c1-2-22-10-12(9-21-22)23-7-6-17(26,15(23)24)27-16(25)20-8-11-4-3-5-13(18)14(11)19/h3-5,9-10,26H,2,6-8H2,1H3,(H,20,25)/t17-/m1/s1. The maximum atomic E-state index is 13.8. The average Bonchev–Trinajstić information content (AvgIpc) is 3.22. The summed E-state index contributed by atoms with van der Waals surface area (Å²) in [5.41, 5.74) is 0.653. The van der Waals surface area contributed by atoms with E-state index in [1.165, 1.54) is 29.3 Å². The highest BCUT2D eigenvalue weighted by atomic mass is 35.5. The van der Waals surface area contributed by atoms with Gasteiger partial charge in [-0.1, -0.05) is 23.7 Å². The Hall–Kier alpha value is -2.65. The van der Waals surface area contributed by atoms with Crippen LogP contribution < -0.4 is 10.2 Å². The fourth-order valence-corrected chi connectivity index (χ4v) is 2.92. The molecule has 1 atom stereocenters. The van der Waals surface area contributed by atoms with Gasteiger partial charge in [0.15, 0.2) is 0 Å². The number of rotatable bonds is 5. The van der Waals surface area contributed by atoms with Gasteiger partial charge in [0.05, 0.1) is 16.9 Å². The molecule has 0 bridgehead atoms. The molecule has 1 saturated heterocycles. The fraction of sp³-hybridized carbons (Fsp3) is 0.353. The Kier molecular flexibility index (Phi) is 5.33. The Balaban J connectivity index is 1.61. The fourth-order valence-electron chi connectivity index (χ4n) is 2.73. The summed E-state index contributed by atoms with van der Waals surface area (Å²) in [6.07, 6.45) is 2.01. The normalized spacial score (nSPS) is 19.4. The highest BCUT2D eigenvalue weighted by Crippen LogP contribution is 2.29. The third-order valence-electron chi connectivity index (χ3n) is 4.23. The molecule has 144 valence electrons. The number of halogens is 2. The van der Waals surface area contributed by atoms with Crippen LogP contribution in [0.1, 0.15) is 18.9 Å². The number of aromatic nitrogens is 2. The quantitative estimate of drug-likeness (QED) is 0.754. The third kappa shape index (κ3) is 3.88. The predicted octanol–water partition coefficient (Wildman–Crippen LogP) is 2.05. The summed E-state index contributed by atoms with van der Waals surface area (Å²) in [5.74, 6) is -3.71. The molecule has 1 aliphatic rings. The van der Waals surface area contributed by atoms with Gasteiger partial charge in [0.25, 0.3) is 11.7 Å². The second-order valence-electron chi connectivity index (χ2n) is 6.00. The molecule has 1 fully saturated rings. The molecular formula is C17H18ClFN4O4. The number of nitrogens with one attached hydrogen (secondary N) is 1. The highest BCUT2D eigenvalue weighted by molar-refractivity contribution is 6.30. The number of carbonyl (C=O) groups excluding carboxylic acids is 2. The number of ether oxygens (including phenoxy) is 1. The molecular weight excluding hydrogens is 379 g/mol. The first-order valence-electron chi connectivity index (χ1n) is 8.30.